The third-order valence-corrected chi connectivity index (χ3v) is 4.70. The number of carbonyl (C=O) groups is 1. The molecule has 1 fully saturated rings. The van der Waals surface area contributed by atoms with Gasteiger partial charge in [0.05, 0.1) is 32.1 Å². The summed E-state index contributed by atoms with van der Waals surface area (Å²) >= 11 is 0. The monoisotopic (exact) mass is 407 g/mol. The zero-order valence-electron chi connectivity index (χ0n) is 15.7. The number of halogens is 2. The van der Waals surface area contributed by atoms with Gasteiger partial charge in [0.15, 0.2) is 0 Å². The van der Waals surface area contributed by atoms with E-state index in [2.05, 4.69) is 24.1 Å². The first-order valence-corrected chi connectivity index (χ1v) is 8.66. The van der Waals surface area contributed by atoms with Gasteiger partial charge in [-0.05, 0) is 24.1 Å². The van der Waals surface area contributed by atoms with E-state index in [1.165, 1.54) is 0 Å². The number of benzene rings is 1. The van der Waals surface area contributed by atoms with Crippen LogP contribution in [0.1, 0.15) is 26.7 Å². The Morgan fingerprint density at radius 3 is 2.38 bits per heavy atom. The van der Waals surface area contributed by atoms with Crippen molar-refractivity contribution in [2.24, 2.45) is 5.92 Å². The zero-order valence-corrected chi connectivity index (χ0v) is 17.3. The minimum absolute atomic E-state index is 0. The third kappa shape index (κ3) is 6.20. The van der Waals surface area contributed by atoms with Gasteiger partial charge < -0.3 is 20.5 Å². The zero-order chi connectivity index (χ0) is 17.5. The fourth-order valence-electron chi connectivity index (χ4n) is 3.30. The van der Waals surface area contributed by atoms with Crippen LogP contribution in [0.15, 0.2) is 18.2 Å². The SMILES string of the molecule is CCC(CC)C(C(=O)Nc1ccc(OC)c(N)c1)N1CCOCC1.Cl.Cl. The Hall–Kier alpha value is -1.21. The number of hydrogen-bond acceptors (Lipinski definition) is 5. The Morgan fingerprint density at radius 1 is 1.27 bits per heavy atom. The van der Waals surface area contributed by atoms with E-state index in [0.29, 0.717) is 36.3 Å². The first-order valence-electron chi connectivity index (χ1n) is 8.66. The summed E-state index contributed by atoms with van der Waals surface area (Å²) < 4.78 is 10.6. The van der Waals surface area contributed by atoms with Crippen LogP contribution in [-0.2, 0) is 9.53 Å². The summed E-state index contributed by atoms with van der Waals surface area (Å²) in [5.74, 6) is 0.951. The molecule has 1 amide bonds. The predicted octanol–water partition coefficient (Wildman–Crippen LogP) is 3.20. The first kappa shape index (κ1) is 24.8. The fraction of sp³-hybridized carbons (Fsp3) is 0.611. The Bertz CT molecular complexity index is 550. The molecular formula is C18H31Cl2N3O3. The van der Waals surface area contributed by atoms with E-state index in [9.17, 15) is 4.79 Å². The highest BCUT2D eigenvalue weighted by atomic mass is 35.5. The number of nitrogens with zero attached hydrogens (tertiary/aromatic N) is 1. The van der Waals surface area contributed by atoms with Crippen LogP contribution in [0.4, 0.5) is 11.4 Å². The molecule has 150 valence electrons. The largest absolute Gasteiger partial charge is 0.495 e. The van der Waals surface area contributed by atoms with Crippen LogP contribution in [0.2, 0.25) is 0 Å². The maximum Gasteiger partial charge on any atom is 0.242 e. The molecule has 1 heterocycles. The van der Waals surface area contributed by atoms with Crippen molar-refractivity contribution in [1.29, 1.82) is 0 Å². The number of nitrogens with two attached hydrogens (primary N) is 1. The lowest BCUT2D eigenvalue weighted by Crippen LogP contribution is -2.52. The third-order valence-electron chi connectivity index (χ3n) is 4.70. The average Bonchev–Trinajstić information content (AvgIpc) is 2.60. The molecule has 0 saturated carbocycles. The van der Waals surface area contributed by atoms with Gasteiger partial charge in [-0.25, -0.2) is 0 Å². The van der Waals surface area contributed by atoms with E-state index in [1.807, 2.05) is 6.07 Å². The average molecular weight is 408 g/mol. The Labute approximate surface area is 168 Å². The van der Waals surface area contributed by atoms with Gasteiger partial charge in [-0.3, -0.25) is 9.69 Å². The summed E-state index contributed by atoms with van der Waals surface area (Å²) in [6, 6.07) is 5.18. The Morgan fingerprint density at radius 2 is 1.88 bits per heavy atom. The van der Waals surface area contributed by atoms with Gasteiger partial charge in [0.25, 0.3) is 0 Å². The summed E-state index contributed by atoms with van der Waals surface area (Å²) in [5, 5.41) is 3.02. The second-order valence-corrected chi connectivity index (χ2v) is 6.12. The number of carbonyl (C=O) groups excluding carboxylic acids is 1. The molecule has 6 nitrogen and oxygen atoms in total. The molecule has 0 aliphatic carbocycles. The summed E-state index contributed by atoms with van der Waals surface area (Å²) in [7, 11) is 1.57. The van der Waals surface area contributed by atoms with Crippen molar-refractivity contribution >= 4 is 42.1 Å². The van der Waals surface area contributed by atoms with E-state index in [4.69, 9.17) is 15.2 Å². The smallest absolute Gasteiger partial charge is 0.242 e. The molecule has 26 heavy (non-hydrogen) atoms. The number of hydrogen-bond donors (Lipinski definition) is 2. The van der Waals surface area contributed by atoms with Crippen molar-refractivity contribution in [3.63, 3.8) is 0 Å². The van der Waals surface area contributed by atoms with E-state index in [0.717, 1.165) is 25.9 Å². The first-order chi connectivity index (χ1) is 11.6. The number of ether oxygens (including phenoxy) is 2. The molecule has 1 aromatic rings. The second-order valence-electron chi connectivity index (χ2n) is 6.12. The van der Waals surface area contributed by atoms with Crippen LogP contribution >= 0.6 is 24.8 Å². The molecular weight excluding hydrogens is 377 g/mol. The highest BCUT2D eigenvalue weighted by Crippen LogP contribution is 2.26. The fourth-order valence-corrected chi connectivity index (χ4v) is 3.30. The van der Waals surface area contributed by atoms with Crippen LogP contribution in [-0.4, -0.2) is 50.3 Å². The molecule has 0 bridgehead atoms. The summed E-state index contributed by atoms with van der Waals surface area (Å²) in [4.78, 5) is 15.2. The van der Waals surface area contributed by atoms with Gasteiger partial charge in [-0.1, -0.05) is 26.7 Å². The van der Waals surface area contributed by atoms with Crippen molar-refractivity contribution in [3.8, 4) is 5.75 Å². The number of methoxy groups -OCH3 is 1. The van der Waals surface area contributed by atoms with Gasteiger partial charge in [0, 0.05) is 18.8 Å². The molecule has 1 aliphatic rings. The van der Waals surface area contributed by atoms with E-state index >= 15 is 0 Å². The molecule has 2 rings (SSSR count). The van der Waals surface area contributed by atoms with Crippen molar-refractivity contribution in [1.82, 2.24) is 4.90 Å². The Balaban J connectivity index is 0.00000312. The topological polar surface area (TPSA) is 76.8 Å². The molecule has 1 aliphatic heterocycles. The molecule has 1 unspecified atom stereocenters. The molecule has 3 N–H and O–H groups in total. The van der Waals surface area contributed by atoms with E-state index in [-0.39, 0.29) is 36.8 Å². The highest BCUT2D eigenvalue weighted by molar-refractivity contribution is 5.95. The minimum Gasteiger partial charge on any atom is -0.495 e. The van der Waals surface area contributed by atoms with Crippen LogP contribution in [0.5, 0.6) is 5.75 Å². The van der Waals surface area contributed by atoms with Gasteiger partial charge in [0.1, 0.15) is 5.75 Å². The summed E-state index contributed by atoms with van der Waals surface area (Å²) in [6.45, 7) is 7.22. The van der Waals surface area contributed by atoms with Gasteiger partial charge in [-0.2, -0.15) is 0 Å². The lowest BCUT2D eigenvalue weighted by Gasteiger charge is -2.37. The van der Waals surface area contributed by atoms with Crippen molar-refractivity contribution < 1.29 is 14.3 Å². The maximum absolute atomic E-state index is 13.0. The summed E-state index contributed by atoms with van der Waals surface area (Å²) in [5.41, 5.74) is 7.15. The number of anilines is 2. The van der Waals surface area contributed by atoms with E-state index < -0.39 is 0 Å². The van der Waals surface area contributed by atoms with Crippen LogP contribution < -0.4 is 15.8 Å². The van der Waals surface area contributed by atoms with Crippen molar-refractivity contribution in [2.75, 3.05) is 44.5 Å². The standard InChI is InChI=1S/C18H29N3O3.2ClH/c1-4-13(5-2)17(21-8-10-24-11-9-21)18(22)20-14-6-7-16(23-3)15(19)12-14;;/h6-7,12-13,17H,4-5,8-11,19H2,1-3H3,(H,20,22);2*1H. The second kappa shape index (κ2) is 12.2. The van der Waals surface area contributed by atoms with Crippen LogP contribution in [0.25, 0.3) is 0 Å². The van der Waals surface area contributed by atoms with Gasteiger partial charge >= 0.3 is 0 Å². The molecule has 0 aromatic heterocycles. The van der Waals surface area contributed by atoms with Crippen molar-refractivity contribution in [3.05, 3.63) is 18.2 Å². The summed E-state index contributed by atoms with van der Waals surface area (Å²) in [6.07, 6.45) is 1.94. The molecule has 8 heteroatoms. The lowest BCUT2D eigenvalue weighted by molar-refractivity contribution is -0.125. The quantitative estimate of drug-likeness (QED) is 0.678. The predicted molar refractivity (Wildman–Crippen MR) is 111 cm³/mol. The number of amides is 1. The minimum atomic E-state index is -0.146. The Kier molecular flexibility index (Phi) is 11.7. The van der Waals surface area contributed by atoms with Crippen molar-refractivity contribution in [2.45, 2.75) is 32.7 Å². The maximum atomic E-state index is 13.0. The molecule has 1 saturated heterocycles. The highest BCUT2D eigenvalue weighted by Gasteiger charge is 2.32. The number of rotatable bonds is 7. The molecule has 0 spiro atoms. The van der Waals surface area contributed by atoms with E-state index in [1.54, 1.807) is 19.2 Å². The molecule has 1 aromatic carbocycles. The molecule has 0 radical (unpaired) electrons. The van der Waals surface area contributed by atoms with Crippen LogP contribution in [0.3, 0.4) is 0 Å². The number of morpholine rings is 1. The van der Waals surface area contributed by atoms with Crippen LogP contribution in [0, 0.1) is 5.92 Å². The number of nitrogens with one attached hydrogen (secondary N) is 1. The molecule has 1 atom stereocenters. The van der Waals surface area contributed by atoms with Gasteiger partial charge in [0.2, 0.25) is 5.91 Å². The van der Waals surface area contributed by atoms with Gasteiger partial charge in [-0.15, -0.1) is 24.8 Å². The normalized spacial score (nSPS) is 15.5. The lowest BCUT2D eigenvalue weighted by atomic mass is 9.91. The number of nitrogen functional groups attached to an aromatic ring is 1.